The fourth-order valence-electron chi connectivity index (χ4n) is 1.28. The monoisotopic (exact) mass is 312 g/mol. The highest BCUT2D eigenvalue weighted by Gasteiger charge is 2.09. The molecule has 0 unspecified atom stereocenters. The first-order chi connectivity index (χ1) is 8.16. The summed E-state index contributed by atoms with van der Waals surface area (Å²) in [6, 6.07) is 11.0. The zero-order valence-corrected chi connectivity index (χ0v) is 11.1. The molecule has 2 rings (SSSR count). The molecule has 0 fully saturated rings. The summed E-state index contributed by atoms with van der Waals surface area (Å²) >= 11 is 4.93. The van der Waals surface area contributed by atoms with Gasteiger partial charge in [-0.1, -0.05) is 45.9 Å². The molecule has 0 aliphatic carbocycles. The van der Waals surface area contributed by atoms with Gasteiger partial charge < -0.3 is 9.52 Å². The molecule has 0 spiro atoms. The van der Waals surface area contributed by atoms with Gasteiger partial charge in [-0.2, -0.15) is 0 Å². The minimum atomic E-state index is -1.04. The van der Waals surface area contributed by atoms with E-state index < -0.39 is 5.97 Å². The van der Waals surface area contributed by atoms with Crippen LogP contribution in [0.5, 0.6) is 0 Å². The van der Waals surface area contributed by atoms with Crippen LogP contribution in [0.1, 0.15) is 16.1 Å². The molecular weight excluding hydrogens is 304 g/mol. The molecule has 17 heavy (non-hydrogen) atoms. The minimum Gasteiger partial charge on any atom is -0.475 e. The molecule has 1 aromatic carbocycles. The van der Waals surface area contributed by atoms with Crippen LogP contribution in [0.2, 0.25) is 0 Å². The highest BCUT2D eigenvalue weighted by Crippen LogP contribution is 2.28. The summed E-state index contributed by atoms with van der Waals surface area (Å²) in [7, 11) is 0. The lowest BCUT2D eigenvalue weighted by atomic mass is 10.2. The fourth-order valence-corrected chi connectivity index (χ4v) is 2.75. The van der Waals surface area contributed by atoms with Crippen molar-refractivity contribution in [2.24, 2.45) is 0 Å². The first-order valence-corrected chi connectivity index (χ1v) is 6.64. The summed E-state index contributed by atoms with van der Waals surface area (Å²) in [6.45, 7) is 0. The van der Waals surface area contributed by atoms with Crippen molar-refractivity contribution in [3.05, 3.63) is 52.2 Å². The lowest BCUT2D eigenvalue weighted by Gasteiger charge is -2.01. The number of aromatic carboxylic acids is 1. The van der Waals surface area contributed by atoms with Crippen molar-refractivity contribution < 1.29 is 14.3 Å². The molecule has 0 atom stereocenters. The van der Waals surface area contributed by atoms with Crippen LogP contribution in [-0.4, -0.2) is 11.1 Å². The summed E-state index contributed by atoms with van der Waals surface area (Å²) in [5, 5.41) is 9.33. The number of hydrogen-bond donors (Lipinski definition) is 1. The molecule has 88 valence electrons. The van der Waals surface area contributed by atoms with E-state index in [1.54, 1.807) is 6.07 Å². The van der Waals surface area contributed by atoms with Gasteiger partial charge in [0.25, 0.3) is 0 Å². The highest BCUT2D eigenvalue weighted by atomic mass is 79.9. The van der Waals surface area contributed by atoms with Crippen LogP contribution in [0.3, 0.4) is 0 Å². The van der Waals surface area contributed by atoms with E-state index in [1.165, 1.54) is 17.8 Å². The van der Waals surface area contributed by atoms with Crippen molar-refractivity contribution in [1.82, 2.24) is 0 Å². The summed E-state index contributed by atoms with van der Waals surface area (Å²) in [5.41, 5.74) is 1.14. The number of hydrogen-bond acceptors (Lipinski definition) is 3. The van der Waals surface area contributed by atoms with E-state index in [2.05, 4.69) is 15.9 Å². The first-order valence-electron chi connectivity index (χ1n) is 4.86. The van der Waals surface area contributed by atoms with Gasteiger partial charge in [0.2, 0.25) is 5.76 Å². The Kier molecular flexibility index (Phi) is 3.91. The minimum absolute atomic E-state index is 0.0281. The molecule has 1 N–H and O–H groups in total. The zero-order valence-electron chi connectivity index (χ0n) is 8.72. The summed E-state index contributed by atoms with van der Waals surface area (Å²) < 4.78 is 6.19. The van der Waals surface area contributed by atoms with Crippen LogP contribution < -0.4 is 0 Å². The standard InChI is InChI=1S/C12H9BrO3S/c13-9-4-2-1-3-8(9)7-17-11-6-5-10(16-11)12(14)15/h1-6H,7H2,(H,14,15). The molecule has 1 heterocycles. The molecule has 0 radical (unpaired) electrons. The third-order valence-electron chi connectivity index (χ3n) is 2.12. The lowest BCUT2D eigenvalue weighted by molar-refractivity contribution is 0.0656. The van der Waals surface area contributed by atoms with Gasteiger partial charge in [-0.05, 0) is 23.8 Å². The quantitative estimate of drug-likeness (QED) is 0.866. The van der Waals surface area contributed by atoms with E-state index in [9.17, 15) is 4.79 Å². The van der Waals surface area contributed by atoms with Gasteiger partial charge in [-0.3, -0.25) is 0 Å². The van der Waals surface area contributed by atoms with E-state index in [0.717, 1.165) is 15.8 Å². The number of halogens is 1. The average Bonchev–Trinajstić information content (AvgIpc) is 2.77. The van der Waals surface area contributed by atoms with Crippen LogP contribution in [0.15, 0.2) is 50.4 Å². The van der Waals surface area contributed by atoms with Crippen molar-refractivity contribution in [2.75, 3.05) is 0 Å². The van der Waals surface area contributed by atoms with E-state index in [1.807, 2.05) is 24.3 Å². The number of carbonyl (C=O) groups is 1. The van der Waals surface area contributed by atoms with Crippen molar-refractivity contribution in [3.63, 3.8) is 0 Å². The largest absolute Gasteiger partial charge is 0.475 e. The number of thioether (sulfide) groups is 1. The summed E-state index contributed by atoms with van der Waals surface area (Å²) in [5.74, 6) is -0.342. The Bertz CT molecular complexity index is 536. The van der Waals surface area contributed by atoms with E-state index in [4.69, 9.17) is 9.52 Å². The Morgan fingerprint density at radius 2 is 2.06 bits per heavy atom. The van der Waals surface area contributed by atoms with Crippen LogP contribution in [0, 0.1) is 0 Å². The number of carboxylic acid groups (broad SMARTS) is 1. The Hall–Kier alpha value is -1.20. The van der Waals surface area contributed by atoms with Gasteiger partial charge in [0.1, 0.15) is 0 Å². The molecule has 3 nitrogen and oxygen atoms in total. The molecule has 2 aromatic rings. The molecular formula is C12H9BrO3S. The van der Waals surface area contributed by atoms with Crippen molar-refractivity contribution in [2.45, 2.75) is 10.8 Å². The van der Waals surface area contributed by atoms with Crippen LogP contribution in [0.4, 0.5) is 0 Å². The molecule has 0 saturated heterocycles. The Labute approximate surface area is 111 Å². The van der Waals surface area contributed by atoms with E-state index in [-0.39, 0.29) is 5.76 Å². The predicted molar refractivity (Wildman–Crippen MR) is 69.4 cm³/mol. The summed E-state index contributed by atoms with van der Waals surface area (Å²) in [6.07, 6.45) is 0. The second-order valence-electron chi connectivity index (χ2n) is 3.30. The second-order valence-corrected chi connectivity index (χ2v) is 5.14. The Balaban J connectivity index is 2.02. The normalized spacial score (nSPS) is 10.4. The van der Waals surface area contributed by atoms with E-state index in [0.29, 0.717) is 5.09 Å². The molecule has 0 aliphatic rings. The Morgan fingerprint density at radius 3 is 2.71 bits per heavy atom. The maximum absolute atomic E-state index is 10.6. The summed E-state index contributed by atoms with van der Waals surface area (Å²) in [4.78, 5) is 10.6. The van der Waals surface area contributed by atoms with Crippen LogP contribution in [-0.2, 0) is 5.75 Å². The van der Waals surface area contributed by atoms with Crippen molar-refractivity contribution in [3.8, 4) is 0 Å². The molecule has 0 bridgehead atoms. The molecule has 0 saturated carbocycles. The topological polar surface area (TPSA) is 50.4 Å². The molecule has 0 aliphatic heterocycles. The van der Waals surface area contributed by atoms with Gasteiger partial charge in [-0.15, -0.1) is 0 Å². The van der Waals surface area contributed by atoms with E-state index >= 15 is 0 Å². The zero-order chi connectivity index (χ0) is 12.3. The third-order valence-corrected chi connectivity index (χ3v) is 3.85. The number of carboxylic acids is 1. The number of rotatable bonds is 4. The smallest absolute Gasteiger partial charge is 0.371 e. The lowest BCUT2D eigenvalue weighted by Crippen LogP contribution is -1.91. The SMILES string of the molecule is O=C(O)c1ccc(SCc2ccccc2Br)o1. The first kappa shape index (κ1) is 12.3. The maximum Gasteiger partial charge on any atom is 0.371 e. The molecule has 1 aromatic heterocycles. The molecule has 0 amide bonds. The molecule has 5 heteroatoms. The second kappa shape index (κ2) is 5.42. The van der Waals surface area contributed by atoms with Crippen LogP contribution >= 0.6 is 27.7 Å². The fraction of sp³-hybridized carbons (Fsp3) is 0.0833. The van der Waals surface area contributed by atoms with Gasteiger partial charge >= 0.3 is 5.97 Å². The average molecular weight is 313 g/mol. The van der Waals surface area contributed by atoms with Crippen molar-refractivity contribution >= 4 is 33.7 Å². The predicted octanol–water partition coefficient (Wildman–Crippen LogP) is 4.03. The van der Waals surface area contributed by atoms with Crippen LogP contribution in [0.25, 0.3) is 0 Å². The Morgan fingerprint density at radius 1 is 1.29 bits per heavy atom. The van der Waals surface area contributed by atoms with Gasteiger partial charge in [0.15, 0.2) is 5.09 Å². The number of furan rings is 1. The van der Waals surface area contributed by atoms with Gasteiger partial charge in [0.05, 0.1) is 0 Å². The van der Waals surface area contributed by atoms with Gasteiger partial charge in [-0.25, -0.2) is 4.79 Å². The van der Waals surface area contributed by atoms with Crippen molar-refractivity contribution in [1.29, 1.82) is 0 Å². The van der Waals surface area contributed by atoms with Gasteiger partial charge in [0, 0.05) is 10.2 Å². The maximum atomic E-state index is 10.6. The highest BCUT2D eigenvalue weighted by molar-refractivity contribution is 9.10. The number of benzene rings is 1. The third kappa shape index (κ3) is 3.14.